The van der Waals surface area contributed by atoms with Crippen molar-refractivity contribution in [3.8, 4) is 5.75 Å². The van der Waals surface area contributed by atoms with Gasteiger partial charge >= 0.3 is 0 Å². The summed E-state index contributed by atoms with van der Waals surface area (Å²) in [5.41, 5.74) is 0.373. The van der Waals surface area contributed by atoms with Gasteiger partial charge < -0.3 is 13.9 Å². The fraction of sp³-hybridized carbons (Fsp3) is 0.308. The van der Waals surface area contributed by atoms with Gasteiger partial charge in [0.15, 0.2) is 23.5 Å². The molecule has 0 spiro atoms. The molecule has 7 heteroatoms. The van der Waals surface area contributed by atoms with Crippen LogP contribution in [0.3, 0.4) is 0 Å². The van der Waals surface area contributed by atoms with Gasteiger partial charge in [0.05, 0.1) is 5.56 Å². The maximum absolute atomic E-state index is 13.1. The number of ketones is 1. The molecule has 0 saturated heterocycles. The molecule has 0 radical (unpaired) electrons. The maximum Gasteiger partial charge on any atom is 0.261 e. The van der Waals surface area contributed by atoms with E-state index in [0.29, 0.717) is 5.56 Å². The van der Waals surface area contributed by atoms with Crippen LogP contribution in [-0.2, 0) is 9.16 Å². The fourth-order valence-electron chi connectivity index (χ4n) is 4.09. The first-order valence-corrected chi connectivity index (χ1v) is 13.1. The Kier molecular flexibility index (Phi) is 8.43. The lowest BCUT2D eigenvalue weighted by Gasteiger charge is -2.43. The van der Waals surface area contributed by atoms with Crippen molar-refractivity contribution in [2.75, 3.05) is 20.5 Å². The van der Waals surface area contributed by atoms with Crippen LogP contribution in [0.2, 0.25) is 10.2 Å². The number of nitrogens with zero attached hydrogens (tertiary/aromatic N) is 1. The van der Waals surface area contributed by atoms with Crippen LogP contribution in [-0.4, -0.2) is 39.6 Å². The van der Waals surface area contributed by atoms with Gasteiger partial charge in [-0.2, -0.15) is 0 Å². The minimum absolute atomic E-state index is 0.0236. The number of benzene rings is 2. The van der Waals surface area contributed by atoms with Crippen molar-refractivity contribution in [2.24, 2.45) is 0 Å². The summed E-state index contributed by atoms with van der Waals surface area (Å²) in [6, 6.07) is 22.3. The van der Waals surface area contributed by atoms with Gasteiger partial charge in [0.1, 0.15) is 0 Å². The molecule has 0 unspecified atom stereocenters. The molecule has 0 N–H and O–H groups in total. The number of rotatable bonds is 10. The molecule has 0 saturated carbocycles. The maximum atomic E-state index is 13.1. The molecule has 0 fully saturated rings. The average molecular weight is 484 g/mol. The lowest BCUT2D eigenvalue weighted by molar-refractivity contribution is 0.0499. The molecule has 3 rings (SSSR count). The molecule has 1 heterocycles. The van der Waals surface area contributed by atoms with E-state index in [1.54, 1.807) is 6.07 Å². The molecule has 2 aromatic carbocycles. The molecule has 0 aliphatic rings. The van der Waals surface area contributed by atoms with E-state index >= 15 is 0 Å². The summed E-state index contributed by atoms with van der Waals surface area (Å²) < 4.78 is 17.3. The van der Waals surface area contributed by atoms with E-state index in [2.05, 4.69) is 50.0 Å². The van der Waals surface area contributed by atoms with Crippen molar-refractivity contribution in [2.45, 2.75) is 32.2 Å². The quantitative estimate of drug-likeness (QED) is 0.178. The monoisotopic (exact) mass is 483 g/mol. The van der Waals surface area contributed by atoms with Crippen molar-refractivity contribution in [3.63, 3.8) is 0 Å². The summed E-state index contributed by atoms with van der Waals surface area (Å²) in [6.45, 7) is 6.88. The molecular weight excluding hydrogens is 454 g/mol. The Balaban J connectivity index is 1.91. The summed E-state index contributed by atoms with van der Waals surface area (Å²) in [5.74, 6) is 0.111. The molecule has 0 atom stereocenters. The summed E-state index contributed by atoms with van der Waals surface area (Å²) in [7, 11) is -1.20. The van der Waals surface area contributed by atoms with Crippen LogP contribution in [0.25, 0.3) is 0 Å². The van der Waals surface area contributed by atoms with Gasteiger partial charge in [-0.3, -0.25) is 4.79 Å². The number of carbonyl (C=O) groups is 1. The van der Waals surface area contributed by atoms with E-state index in [1.165, 1.54) is 23.7 Å². The standard InChI is InChI=1S/C26H30ClNO4Si/c1-26(2,3)33(20-11-7-5-8-12-20,21-13-9-6-10-14-21)32-18-16-23(29)22-15-17-28-25(27)24(22)31-19-30-4/h5-15,17H,16,18-19H2,1-4H3. The van der Waals surface area contributed by atoms with E-state index in [0.717, 1.165) is 0 Å². The zero-order valence-electron chi connectivity index (χ0n) is 19.5. The van der Waals surface area contributed by atoms with Gasteiger partial charge in [-0.15, -0.1) is 0 Å². The molecule has 0 aliphatic heterocycles. The zero-order chi connectivity index (χ0) is 23.9. The summed E-state index contributed by atoms with van der Waals surface area (Å²) in [5, 5.41) is 2.32. The van der Waals surface area contributed by atoms with Crippen LogP contribution in [0.15, 0.2) is 72.9 Å². The first-order valence-electron chi connectivity index (χ1n) is 10.9. The number of aromatic nitrogens is 1. The Morgan fingerprint density at radius 2 is 1.55 bits per heavy atom. The fourth-order valence-corrected chi connectivity index (χ4v) is 8.87. The lowest BCUT2D eigenvalue weighted by Crippen LogP contribution is -2.66. The molecule has 0 aliphatic carbocycles. The number of ether oxygens (including phenoxy) is 2. The van der Waals surface area contributed by atoms with Crippen LogP contribution in [0.1, 0.15) is 37.6 Å². The predicted octanol–water partition coefficient (Wildman–Crippen LogP) is 4.87. The van der Waals surface area contributed by atoms with E-state index < -0.39 is 8.32 Å². The lowest BCUT2D eigenvalue weighted by atomic mass is 10.1. The molecule has 33 heavy (non-hydrogen) atoms. The minimum atomic E-state index is -2.70. The summed E-state index contributed by atoms with van der Waals surface area (Å²) in [6.07, 6.45) is 1.69. The molecule has 1 aromatic heterocycles. The minimum Gasteiger partial charge on any atom is -0.464 e. The van der Waals surface area contributed by atoms with Gasteiger partial charge in [0.25, 0.3) is 8.32 Å². The molecule has 3 aromatic rings. The number of carbonyl (C=O) groups excluding carboxylic acids is 1. The topological polar surface area (TPSA) is 57.7 Å². The Morgan fingerprint density at radius 1 is 0.970 bits per heavy atom. The number of hydrogen-bond acceptors (Lipinski definition) is 5. The van der Waals surface area contributed by atoms with Crippen LogP contribution < -0.4 is 15.1 Å². The highest BCUT2D eigenvalue weighted by Crippen LogP contribution is 2.37. The zero-order valence-corrected chi connectivity index (χ0v) is 21.3. The Labute approximate surface area is 201 Å². The largest absolute Gasteiger partial charge is 0.464 e. The molecule has 0 amide bonds. The van der Waals surface area contributed by atoms with Crippen LogP contribution in [0.4, 0.5) is 0 Å². The van der Waals surface area contributed by atoms with E-state index in [4.69, 9.17) is 25.5 Å². The summed E-state index contributed by atoms with van der Waals surface area (Å²) >= 11 is 6.17. The van der Waals surface area contributed by atoms with Crippen molar-refractivity contribution >= 4 is 36.1 Å². The Morgan fingerprint density at radius 3 is 2.06 bits per heavy atom. The van der Waals surface area contributed by atoms with Gasteiger partial charge in [-0.1, -0.05) is 93.0 Å². The van der Waals surface area contributed by atoms with E-state index in [-0.39, 0.29) is 41.5 Å². The first kappa shape index (κ1) is 25.1. The molecular formula is C26H30ClNO4Si. The number of halogens is 1. The van der Waals surface area contributed by atoms with Gasteiger partial charge in [-0.05, 0) is 21.5 Å². The summed E-state index contributed by atoms with van der Waals surface area (Å²) in [4.78, 5) is 17.1. The third-order valence-electron chi connectivity index (χ3n) is 5.55. The average Bonchev–Trinajstić information content (AvgIpc) is 2.81. The molecule has 5 nitrogen and oxygen atoms in total. The number of Topliss-reactive ketones (excluding diaryl/α,β-unsaturated/α-hetero) is 1. The second-order valence-corrected chi connectivity index (χ2v) is 13.4. The van der Waals surface area contributed by atoms with E-state index in [9.17, 15) is 4.79 Å². The third kappa shape index (κ3) is 5.53. The highest BCUT2D eigenvalue weighted by Gasteiger charge is 2.50. The second-order valence-electron chi connectivity index (χ2n) is 8.71. The Bertz CT molecular complexity index is 1020. The van der Waals surface area contributed by atoms with E-state index in [1.807, 2.05) is 36.4 Å². The van der Waals surface area contributed by atoms with Crippen LogP contribution >= 0.6 is 11.6 Å². The highest BCUT2D eigenvalue weighted by molar-refractivity contribution is 6.99. The number of hydrogen-bond donors (Lipinski definition) is 0. The van der Waals surface area contributed by atoms with Crippen molar-refractivity contribution < 1.29 is 18.7 Å². The van der Waals surface area contributed by atoms with Crippen molar-refractivity contribution in [1.82, 2.24) is 4.98 Å². The SMILES string of the molecule is COCOc1c(C(=O)CCO[Si](c2ccccc2)(c2ccccc2)C(C)(C)C)ccnc1Cl. The van der Waals surface area contributed by atoms with Crippen molar-refractivity contribution in [3.05, 3.63) is 83.6 Å². The van der Waals surface area contributed by atoms with Crippen LogP contribution in [0.5, 0.6) is 5.75 Å². The highest BCUT2D eigenvalue weighted by atomic mass is 35.5. The number of pyridine rings is 1. The third-order valence-corrected chi connectivity index (χ3v) is 10.9. The van der Waals surface area contributed by atoms with Gasteiger partial charge in [-0.25, -0.2) is 4.98 Å². The molecule has 174 valence electrons. The molecule has 0 bridgehead atoms. The number of methoxy groups -OCH3 is 1. The van der Waals surface area contributed by atoms with Crippen LogP contribution in [0, 0.1) is 0 Å². The van der Waals surface area contributed by atoms with Gasteiger partial charge in [0.2, 0.25) is 0 Å². The predicted molar refractivity (Wildman–Crippen MR) is 134 cm³/mol. The second kappa shape index (κ2) is 11.1. The van der Waals surface area contributed by atoms with Gasteiger partial charge in [0, 0.05) is 26.3 Å². The smallest absolute Gasteiger partial charge is 0.261 e. The van der Waals surface area contributed by atoms with Crippen molar-refractivity contribution in [1.29, 1.82) is 0 Å². The normalized spacial score (nSPS) is 11.9. The first-order chi connectivity index (χ1) is 15.8. The Hall–Kier alpha value is -2.51.